The predicted octanol–water partition coefficient (Wildman–Crippen LogP) is 3.92. The Bertz CT molecular complexity index is 290. The third kappa shape index (κ3) is 4.31. The van der Waals surface area contributed by atoms with E-state index >= 15 is 0 Å². The molecule has 0 bridgehead atoms. The standard InChI is InChI=1S/C16H27N/c1-13-8-14(2)10-16(9-13)12-17-11-15-6-4-3-5-7-15/h3-4,8,13,15-17H,5-7,9-12H2,1-2H3. The fraction of sp³-hybridized carbons (Fsp3) is 0.750. The van der Waals surface area contributed by atoms with Crippen molar-refractivity contribution in [3.05, 3.63) is 23.8 Å². The van der Waals surface area contributed by atoms with Crippen LogP contribution < -0.4 is 5.32 Å². The summed E-state index contributed by atoms with van der Waals surface area (Å²) in [5, 5.41) is 3.70. The monoisotopic (exact) mass is 233 g/mol. The van der Waals surface area contributed by atoms with Crippen LogP contribution >= 0.6 is 0 Å². The second-order valence-electron chi connectivity index (χ2n) is 6.10. The highest BCUT2D eigenvalue weighted by atomic mass is 14.9. The summed E-state index contributed by atoms with van der Waals surface area (Å²) < 4.78 is 0. The largest absolute Gasteiger partial charge is 0.316 e. The highest BCUT2D eigenvalue weighted by Gasteiger charge is 2.18. The maximum absolute atomic E-state index is 3.70. The molecule has 2 rings (SSSR count). The van der Waals surface area contributed by atoms with Crippen molar-refractivity contribution in [1.29, 1.82) is 0 Å². The van der Waals surface area contributed by atoms with Gasteiger partial charge in [0, 0.05) is 0 Å². The lowest BCUT2D eigenvalue weighted by Crippen LogP contribution is -2.30. The molecule has 1 heteroatoms. The first kappa shape index (κ1) is 12.9. The van der Waals surface area contributed by atoms with Gasteiger partial charge in [0.05, 0.1) is 0 Å². The molecule has 96 valence electrons. The van der Waals surface area contributed by atoms with Crippen LogP contribution in [-0.4, -0.2) is 13.1 Å². The SMILES string of the molecule is CC1=CC(C)CC(CNCC2CC=CCC2)C1. The molecule has 2 aliphatic carbocycles. The Morgan fingerprint density at radius 2 is 2.06 bits per heavy atom. The van der Waals surface area contributed by atoms with Crippen LogP contribution in [0.5, 0.6) is 0 Å². The maximum atomic E-state index is 3.70. The topological polar surface area (TPSA) is 12.0 Å². The summed E-state index contributed by atoms with van der Waals surface area (Å²) in [5.41, 5.74) is 1.59. The molecule has 1 N–H and O–H groups in total. The van der Waals surface area contributed by atoms with E-state index in [1.165, 1.54) is 45.2 Å². The quantitative estimate of drug-likeness (QED) is 0.726. The van der Waals surface area contributed by atoms with Crippen molar-refractivity contribution in [3.63, 3.8) is 0 Å². The zero-order valence-corrected chi connectivity index (χ0v) is 11.4. The van der Waals surface area contributed by atoms with E-state index in [0.717, 1.165) is 17.8 Å². The van der Waals surface area contributed by atoms with Gasteiger partial charge in [-0.1, -0.05) is 30.7 Å². The summed E-state index contributed by atoms with van der Waals surface area (Å²) in [4.78, 5) is 0. The van der Waals surface area contributed by atoms with Gasteiger partial charge in [-0.05, 0) is 69.9 Å². The Kier molecular flexibility index (Phi) is 4.85. The molecule has 0 spiro atoms. The Hall–Kier alpha value is -0.560. The first-order valence-electron chi connectivity index (χ1n) is 7.27. The molecule has 0 aromatic carbocycles. The van der Waals surface area contributed by atoms with Gasteiger partial charge in [-0.3, -0.25) is 0 Å². The molecule has 3 unspecified atom stereocenters. The second kappa shape index (κ2) is 6.39. The van der Waals surface area contributed by atoms with Crippen LogP contribution in [0, 0.1) is 17.8 Å². The van der Waals surface area contributed by atoms with Gasteiger partial charge >= 0.3 is 0 Å². The van der Waals surface area contributed by atoms with E-state index in [4.69, 9.17) is 0 Å². The van der Waals surface area contributed by atoms with Gasteiger partial charge in [-0.2, -0.15) is 0 Å². The Balaban J connectivity index is 1.65. The van der Waals surface area contributed by atoms with Crippen LogP contribution in [0.4, 0.5) is 0 Å². The van der Waals surface area contributed by atoms with Crippen molar-refractivity contribution in [1.82, 2.24) is 5.32 Å². The van der Waals surface area contributed by atoms with Crippen LogP contribution in [0.15, 0.2) is 23.8 Å². The number of rotatable bonds is 4. The molecule has 1 nitrogen and oxygen atoms in total. The Labute approximate surface area is 106 Å². The number of allylic oxidation sites excluding steroid dienone is 4. The second-order valence-corrected chi connectivity index (χ2v) is 6.10. The first-order valence-corrected chi connectivity index (χ1v) is 7.27. The zero-order chi connectivity index (χ0) is 12.1. The minimum atomic E-state index is 0.785. The molecule has 0 saturated carbocycles. The van der Waals surface area contributed by atoms with E-state index in [9.17, 15) is 0 Å². The highest BCUT2D eigenvalue weighted by Crippen LogP contribution is 2.27. The Morgan fingerprint density at radius 3 is 2.76 bits per heavy atom. The summed E-state index contributed by atoms with van der Waals surface area (Å²) in [5.74, 6) is 2.54. The Morgan fingerprint density at radius 1 is 1.24 bits per heavy atom. The fourth-order valence-corrected chi connectivity index (χ4v) is 3.38. The third-order valence-electron chi connectivity index (χ3n) is 4.13. The van der Waals surface area contributed by atoms with Gasteiger partial charge in [0.25, 0.3) is 0 Å². The molecule has 2 aliphatic rings. The van der Waals surface area contributed by atoms with Crippen LogP contribution in [-0.2, 0) is 0 Å². The molecule has 0 aromatic heterocycles. The fourth-order valence-electron chi connectivity index (χ4n) is 3.38. The molecule has 0 aliphatic heterocycles. The number of hydrogen-bond donors (Lipinski definition) is 1. The highest BCUT2D eigenvalue weighted by molar-refractivity contribution is 5.06. The van der Waals surface area contributed by atoms with Crippen molar-refractivity contribution in [2.45, 2.75) is 46.0 Å². The molecule has 0 aromatic rings. The predicted molar refractivity (Wildman–Crippen MR) is 75.0 cm³/mol. The van der Waals surface area contributed by atoms with Crippen LogP contribution in [0.2, 0.25) is 0 Å². The smallest absolute Gasteiger partial charge is 0.00171 e. The van der Waals surface area contributed by atoms with Crippen LogP contribution in [0.3, 0.4) is 0 Å². The molecule has 3 atom stereocenters. The third-order valence-corrected chi connectivity index (χ3v) is 4.13. The van der Waals surface area contributed by atoms with E-state index in [-0.39, 0.29) is 0 Å². The van der Waals surface area contributed by atoms with Crippen molar-refractivity contribution >= 4 is 0 Å². The van der Waals surface area contributed by atoms with Gasteiger partial charge in [-0.25, -0.2) is 0 Å². The maximum Gasteiger partial charge on any atom is -0.00171 e. The molecule has 17 heavy (non-hydrogen) atoms. The molecule has 0 amide bonds. The molecule has 0 saturated heterocycles. The van der Waals surface area contributed by atoms with Gasteiger partial charge in [0.15, 0.2) is 0 Å². The van der Waals surface area contributed by atoms with E-state index < -0.39 is 0 Å². The molecule has 0 heterocycles. The van der Waals surface area contributed by atoms with Crippen LogP contribution in [0.25, 0.3) is 0 Å². The molecular weight excluding hydrogens is 206 g/mol. The number of nitrogens with one attached hydrogen (secondary N) is 1. The summed E-state index contributed by atoms with van der Waals surface area (Å²) in [6.45, 7) is 7.07. The lowest BCUT2D eigenvalue weighted by molar-refractivity contribution is 0.357. The van der Waals surface area contributed by atoms with E-state index in [0.29, 0.717) is 0 Å². The van der Waals surface area contributed by atoms with Gasteiger partial charge in [0.1, 0.15) is 0 Å². The average Bonchev–Trinajstić information content (AvgIpc) is 2.29. The summed E-state index contributed by atoms with van der Waals surface area (Å²) in [6, 6.07) is 0. The average molecular weight is 233 g/mol. The van der Waals surface area contributed by atoms with Crippen molar-refractivity contribution < 1.29 is 0 Å². The normalized spacial score (nSPS) is 33.5. The van der Waals surface area contributed by atoms with Crippen molar-refractivity contribution in [2.75, 3.05) is 13.1 Å². The lowest BCUT2D eigenvalue weighted by atomic mass is 9.83. The zero-order valence-electron chi connectivity index (χ0n) is 11.4. The van der Waals surface area contributed by atoms with E-state index in [1.807, 2.05) is 0 Å². The van der Waals surface area contributed by atoms with E-state index in [2.05, 4.69) is 37.4 Å². The van der Waals surface area contributed by atoms with Gasteiger partial charge in [-0.15, -0.1) is 0 Å². The molecule has 0 radical (unpaired) electrons. The first-order chi connectivity index (χ1) is 8.24. The lowest BCUT2D eigenvalue weighted by Gasteiger charge is -2.27. The van der Waals surface area contributed by atoms with Crippen molar-refractivity contribution in [3.8, 4) is 0 Å². The molecular formula is C16H27N. The van der Waals surface area contributed by atoms with Crippen LogP contribution in [0.1, 0.15) is 46.0 Å². The summed E-state index contributed by atoms with van der Waals surface area (Å²) >= 11 is 0. The van der Waals surface area contributed by atoms with E-state index in [1.54, 1.807) is 5.57 Å². The minimum Gasteiger partial charge on any atom is -0.316 e. The minimum absolute atomic E-state index is 0.785. The summed E-state index contributed by atoms with van der Waals surface area (Å²) in [6.07, 6.45) is 13.8. The summed E-state index contributed by atoms with van der Waals surface area (Å²) in [7, 11) is 0. The van der Waals surface area contributed by atoms with Crippen molar-refractivity contribution in [2.24, 2.45) is 17.8 Å². The van der Waals surface area contributed by atoms with Gasteiger partial charge < -0.3 is 5.32 Å². The molecule has 0 fully saturated rings. The number of hydrogen-bond acceptors (Lipinski definition) is 1. The van der Waals surface area contributed by atoms with Gasteiger partial charge in [0.2, 0.25) is 0 Å².